The number of nitrogens with one attached hydrogen (secondary N) is 2. The molecule has 0 radical (unpaired) electrons. The van der Waals surface area contributed by atoms with Crippen LogP contribution >= 0.6 is 0 Å². The van der Waals surface area contributed by atoms with Gasteiger partial charge in [0.1, 0.15) is 11.6 Å². The fourth-order valence-corrected chi connectivity index (χ4v) is 2.24. The lowest BCUT2D eigenvalue weighted by atomic mass is 9.88. The fraction of sp³-hybridized carbons (Fsp3) is 0.625. The SMILES string of the molecule is CC(C)c1cnc(CC(C)(C)c2ncc(C(C)C)[nH]2)[nH]1. The van der Waals surface area contributed by atoms with E-state index in [-0.39, 0.29) is 5.41 Å². The summed E-state index contributed by atoms with van der Waals surface area (Å²) >= 11 is 0. The number of aromatic amines is 2. The number of H-pyrrole nitrogens is 2. The molecule has 2 aromatic rings. The third-order valence-electron chi connectivity index (χ3n) is 3.74. The Hall–Kier alpha value is -1.58. The van der Waals surface area contributed by atoms with E-state index >= 15 is 0 Å². The largest absolute Gasteiger partial charge is 0.346 e. The molecule has 2 aromatic heterocycles. The predicted molar refractivity (Wildman–Crippen MR) is 82.1 cm³/mol. The molecule has 0 saturated heterocycles. The molecule has 0 aliphatic carbocycles. The van der Waals surface area contributed by atoms with Gasteiger partial charge in [-0.25, -0.2) is 9.97 Å². The number of rotatable bonds is 5. The molecule has 0 unspecified atom stereocenters. The number of imidazole rings is 2. The van der Waals surface area contributed by atoms with Crippen LogP contribution in [0.3, 0.4) is 0 Å². The lowest BCUT2D eigenvalue weighted by molar-refractivity contribution is 0.479. The van der Waals surface area contributed by atoms with Crippen LogP contribution in [0.5, 0.6) is 0 Å². The van der Waals surface area contributed by atoms with Gasteiger partial charge >= 0.3 is 0 Å². The Morgan fingerprint density at radius 1 is 0.950 bits per heavy atom. The van der Waals surface area contributed by atoms with Crippen molar-refractivity contribution in [1.82, 2.24) is 19.9 Å². The third kappa shape index (κ3) is 3.11. The zero-order valence-corrected chi connectivity index (χ0v) is 13.4. The first-order valence-corrected chi connectivity index (χ1v) is 7.38. The van der Waals surface area contributed by atoms with Gasteiger partial charge in [0.2, 0.25) is 0 Å². The van der Waals surface area contributed by atoms with Gasteiger partial charge in [-0.05, 0) is 11.8 Å². The highest BCUT2D eigenvalue weighted by Crippen LogP contribution is 2.26. The summed E-state index contributed by atoms with van der Waals surface area (Å²) in [5.41, 5.74) is 2.33. The van der Waals surface area contributed by atoms with Gasteiger partial charge in [-0.2, -0.15) is 0 Å². The maximum atomic E-state index is 4.55. The molecule has 0 spiro atoms. The van der Waals surface area contributed by atoms with Crippen molar-refractivity contribution in [2.24, 2.45) is 0 Å². The standard InChI is InChI=1S/C16H26N4/c1-10(2)12-8-17-14(19-12)7-16(5,6)15-18-9-13(20-15)11(3)4/h8-11H,7H2,1-6H3,(H,17,19)(H,18,20). The minimum absolute atomic E-state index is 0.0563. The second-order valence-corrected chi connectivity index (χ2v) is 6.84. The van der Waals surface area contributed by atoms with E-state index in [1.807, 2.05) is 12.4 Å². The maximum absolute atomic E-state index is 4.55. The summed E-state index contributed by atoms with van der Waals surface area (Å²) < 4.78 is 0. The fourth-order valence-electron chi connectivity index (χ4n) is 2.24. The van der Waals surface area contributed by atoms with E-state index < -0.39 is 0 Å². The molecule has 0 saturated carbocycles. The summed E-state index contributed by atoms with van der Waals surface area (Å²) in [6, 6.07) is 0. The van der Waals surface area contributed by atoms with Crippen LogP contribution < -0.4 is 0 Å². The van der Waals surface area contributed by atoms with Gasteiger partial charge < -0.3 is 9.97 Å². The van der Waals surface area contributed by atoms with E-state index in [4.69, 9.17) is 0 Å². The van der Waals surface area contributed by atoms with Gasteiger partial charge in [0.05, 0.1) is 0 Å². The quantitative estimate of drug-likeness (QED) is 0.868. The van der Waals surface area contributed by atoms with E-state index in [0.717, 1.165) is 18.1 Å². The van der Waals surface area contributed by atoms with Crippen LogP contribution in [0.2, 0.25) is 0 Å². The molecular formula is C16H26N4. The molecule has 110 valence electrons. The normalized spacial score (nSPS) is 12.6. The first kappa shape index (κ1) is 14.8. The summed E-state index contributed by atoms with van der Waals surface area (Å²) in [6.45, 7) is 13.1. The molecule has 0 atom stereocenters. The predicted octanol–water partition coefficient (Wildman–Crippen LogP) is 3.90. The van der Waals surface area contributed by atoms with Crippen molar-refractivity contribution in [3.8, 4) is 0 Å². The topological polar surface area (TPSA) is 57.4 Å². The molecule has 2 heterocycles. The molecule has 0 aliphatic heterocycles. The zero-order valence-electron chi connectivity index (χ0n) is 13.4. The molecule has 0 aliphatic rings. The monoisotopic (exact) mass is 274 g/mol. The third-order valence-corrected chi connectivity index (χ3v) is 3.74. The Morgan fingerprint density at radius 2 is 1.50 bits per heavy atom. The molecule has 2 rings (SSSR count). The van der Waals surface area contributed by atoms with Gasteiger partial charge in [-0.15, -0.1) is 0 Å². The minimum atomic E-state index is -0.0563. The summed E-state index contributed by atoms with van der Waals surface area (Å²) in [5, 5.41) is 0. The Kier molecular flexibility index (Phi) is 4.02. The van der Waals surface area contributed by atoms with Gasteiger partial charge in [-0.1, -0.05) is 41.5 Å². The average Bonchev–Trinajstić information content (AvgIpc) is 2.95. The van der Waals surface area contributed by atoms with Gasteiger partial charge in [0, 0.05) is 35.6 Å². The molecule has 4 nitrogen and oxygen atoms in total. The second-order valence-electron chi connectivity index (χ2n) is 6.84. The van der Waals surface area contributed by atoms with Gasteiger partial charge in [0.15, 0.2) is 0 Å². The Labute approximate surface area is 121 Å². The molecule has 4 heteroatoms. The Bertz CT molecular complexity index is 561. The van der Waals surface area contributed by atoms with E-state index in [0.29, 0.717) is 11.8 Å². The van der Waals surface area contributed by atoms with Crippen LogP contribution in [-0.2, 0) is 11.8 Å². The molecule has 0 aromatic carbocycles. The van der Waals surface area contributed by atoms with Crippen molar-refractivity contribution in [2.45, 2.75) is 65.2 Å². The molecule has 0 fully saturated rings. The van der Waals surface area contributed by atoms with E-state index in [9.17, 15) is 0 Å². The summed E-state index contributed by atoms with van der Waals surface area (Å²) in [4.78, 5) is 15.9. The first-order valence-electron chi connectivity index (χ1n) is 7.38. The summed E-state index contributed by atoms with van der Waals surface area (Å²) in [5.74, 6) is 3.02. The highest BCUT2D eigenvalue weighted by atomic mass is 15.0. The number of nitrogens with zero attached hydrogens (tertiary/aromatic N) is 2. The van der Waals surface area contributed by atoms with E-state index in [1.54, 1.807) is 0 Å². The second kappa shape index (κ2) is 5.43. The molecule has 0 amide bonds. The zero-order chi connectivity index (χ0) is 14.9. The van der Waals surface area contributed by atoms with Crippen LogP contribution in [0.1, 0.15) is 76.4 Å². The first-order chi connectivity index (χ1) is 9.29. The molecular weight excluding hydrogens is 248 g/mol. The van der Waals surface area contributed by atoms with E-state index in [2.05, 4.69) is 61.5 Å². The van der Waals surface area contributed by atoms with Crippen molar-refractivity contribution in [3.63, 3.8) is 0 Å². The molecule has 0 bridgehead atoms. The summed E-state index contributed by atoms with van der Waals surface area (Å²) in [6.07, 6.45) is 4.74. The Balaban J connectivity index is 2.16. The summed E-state index contributed by atoms with van der Waals surface area (Å²) in [7, 11) is 0. The number of hydrogen-bond donors (Lipinski definition) is 2. The average molecular weight is 274 g/mol. The van der Waals surface area contributed by atoms with Crippen LogP contribution in [-0.4, -0.2) is 19.9 Å². The highest BCUT2D eigenvalue weighted by molar-refractivity contribution is 5.16. The smallest absolute Gasteiger partial charge is 0.112 e. The highest BCUT2D eigenvalue weighted by Gasteiger charge is 2.26. The number of hydrogen-bond acceptors (Lipinski definition) is 2. The Morgan fingerprint density at radius 3 is 2.00 bits per heavy atom. The van der Waals surface area contributed by atoms with Crippen molar-refractivity contribution < 1.29 is 0 Å². The minimum Gasteiger partial charge on any atom is -0.346 e. The van der Waals surface area contributed by atoms with Gasteiger partial charge in [0.25, 0.3) is 0 Å². The van der Waals surface area contributed by atoms with Crippen LogP contribution in [0.25, 0.3) is 0 Å². The van der Waals surface area contributed by atoms with E-state index in [1.165, 1.54) is 11.4 Å². The van der Waals surface area contributed by atoms with Gasteiger partial charge in [-0.3, -0.25) is 0 Å². The van der Waals surface area contributed by atoms with Crippen LogP contribution in [0.4, 0.5) is 0 Å². The van der Waals surface area contributed by atoms with Crippen molar-refractivity contribution >= 4 is 0 Å². The van der Waals surface area contributed by atoms with Crippen LogP contribution in [0, 0.1) is 0 Å². The molecule has 2 N–H and O–H groups in total. The van der Waals surface area contributed by atoms with Crippen molar-refractivity contribution in [3.05, 3.63) is 35.4 Å². The number of aromatic nitrogens is 4. The van der Waals surface area contributed by atoms with Crippen molar-refractivity contribution in [1.29, 1.82) is 0 Å². The molecule has 20 heavy (non-hydrogen) atoms. The van der Waals surface area contributed by atoms with Crippen molar-refractivity contribution in [2.75, 3.05) is 0 Å². The van der Waals surface area contributed by atoms with Crippen LogP contribution in [0.15, 0.2) is 12.4 Å². The lowest BCUT2D eigenvalue weighted by Crippen LogP contribution is -2.23. The lowest BCUT2D eigenvalue weighted by Gasteiger charge is -2.21. The maximum Gasteiger partial charge on any atom is 0.112 e.